The van der Waals surface area contributed by atoms with Crippen molar-refractivity contribution in [2.75, 3.05) is 24.6 Å². The molecular weight excluding hydrogens is 288 g/mol. The summed E-state index contributed by atoms with van der Waals surface area (Å²) in [4.78, 5) is 13.2. The van der Waals surface area contributed by atoms with Crippen LogP contribution < -0.4 is 4.90 Å². The normalized spacial score (nSPS) is 17.2. The van der Waals surface area contributed by atoms with Crippen LogP contribution in [0.25, 0.3) is 10.8 Å². The van der Waals surface area contributed by atoms with E-state index in [4.69, 9.17) is 4.74 Å². The van der Waals surface area contributed by atoms with Crippen molar-refractivity contribution in [3.63, 3.8) is 0 Å². The molecule has 4 heteroatoms. The van der Waals surface area contributed by atoms with E-state index in [9.17, 15) is 10.1 Å². The summed E-state index contributed by atoms with van der Waals surface area (Å²) >= 11 is 0. The lowest BCUT2D eigenvalue weighted by Gasteiger charge is -2.21. The first-order valence-corrected chi connectivity index (χ1v) is 7.99. The van der Waals surface area contributed by atoms with Crippen molar-refractivity contribution in [1.82, 2.24) is 0 Å². The maximum absolute atomic E-state index is 10.9. The van der Waals surface area contributed by atoms with Crippen LogP contribution in [0.3, 0.4) is 0 Å². The molecule has 0 saturated carbocycles. The van der Waals surface area contributed by atoms with E-state index in [2.05, 4.69) is 23.1 Å². The van der Waals surface area contributed by atoms with E-state index < -0.39 is 0 Å². The monoisotopic (exact) mass is 308 g/mol. The molecule has 0 aromatic heterocycles. The van der Waals surface area contributed by atoms with Crippen molar-refractivity contribution in [3.8, 4) is 6.07 Å². The number of nitriles is 1. The van der Waals surface area contributed by atoms with Crippen LogP contribution in [0.15, 0.2) is 36.4 Å². The van der Waals surface area contributed by atoms with Gasteiger partial charge in [-0.25, -0.2) is 0 Å². The standard InChI is InChI=1S/C19H20N2O2/c1-14(22)23-11-9-15-8-10-21(13-15)19-7-6-16(12-20)17-4-2-3-5-18(17)19/h2-7,15H,8-11,13H2,1H3. The number of nitrogens with zero attached hydrogens (tertiary/aromatic N) is 2. The number of anilines is 1. The molecule has 1 aliphatic rings. The quantitative estimate of drug-likeness (QED) is 0.811. The summed E-state index contributed by atoms with van der Waals surface area (Å²) in [7, 11) is 0. The van der Waals surface area contributed by atoms with Crippen molar-refractivity contribution in [3.05, 3.63) is 42.0 Å². The summed E-state index contributed by atoms with van der Waals surface area (Å²) in [5.74, 6) is 0.335. The Morgan fingerprint density at radius 2 is 2.09 bits per heavy atom. The summed E-state index contributed by atoms with van der Waals surface area (Å²) in [6.45, 7) is 3.92. The fraction of sp³-hybridized carbons (Fsp3) is 0.368. The maximum atomic E-state index is 10.9. The van der Waals surface area contributed by atoms with Crippen molar-refractivity contribution in [1.29, 1.82) is 5.26 Å². The Balaban J connectivity index is 1.77. The fourth-order valence-corrected chi connectivity index (χ4v) is 3.31. The molecule has 1 unspecified atom stereocenters. The van der Waals surface area contributed by atoms with Gasteiger partial charge in [-0.2, -0.15) is 5.26 Å². The lowest BCUT2D eigenvalue weighted by molar-refractivity contribution is -0.141. The highest BCUT2D eigenvalue weighted by atomic mass is 16.5. The van der Waals surface area contributed by atoms with Crippen LogP contribution in [-0.4, -0.2) is 25.7 Å². The van der Waals surface area contributed by atoms with Gasteiger partial charge in [-0.3, -0.25) is 4.79 Å². The van der Waals surface area contributed by atoms with Gasteiger partial charge in [0.25, 0.3) is 0 Å². The summed E-state index contributed by atoms with van der Waals surface area (Å²) in [6, 6.07) is 14.3. The summed E-state index contributed by atoms with van der Waals surface area (Å²) < 4.78 is 5.05. The van der Waals surface area contributed by atoms with Gasteiger partial charge in [0.2, 0.25) is 0 Å². The zero-order chi connectivity index (χ0) is 16.2. The van der Waals surface area contributed by atoms with Gasteiger partial charge in [0, 0.05) is 36.5 Å². The summed E-state index contributed by atoms with van der Waals surface area (Å²) in [5, 5.41) is 11.4. The number of carbonyl (C=O) groups excluding carboxylic acids is 1. The number of esters is 1. The maximum Gasteiger partial charge on any atom is 0.302 e. The molecule has 0 bridgehead atoms. The van der Waals surface area contributed by atoms with E-state index in [1.54, 1.807) is 0 Å². The molecule has 1 heterocycles. The molecule has 1 atom stereocenters. The van der Waals surface area contributed by atoms with Crippen LogP contribution in [-0.2, 0) is 9.53 Å². The van der Waals surface area contributed by atoms with E-state index in [0.717, 1.165) is 42.3 Å². The van der Waals surface area contributed by atoms with Gasteiger partial charge in [0.1, 0.15) is 0 Å². The molecule has 118 valence electrons. The first kappa shape index (κ1) is 15.4. The predicted molar refractivity (Wildman–Crippen MR) is 90.2 cm³/mol. The molecule has 2 aromatic rings. The van der Waals surface area contributed by atoms with Gasteiger partial charge in [0.05, 0.1) is 18.2 Å². The van der Waals surface area contributed by atoms with Gasteiger partial charge in [-0.05, 0) is 30.9 Å². The lowest BCUT2D eigenvalue weighted by Crippen LogP contribution is -2.20. The van der Waals surface area contributed by atoms with Gasteiger partial charge < -0.3 is 9.64 Å². The van der Waals surface area contributed by atoms with Crippen molar-refractivity contribution < 1.29 is 9.53 Å². The van der Waals surface area contributed by atoms with E-state index >= 15 is 0 Å². The van der Waals surface area contributed by atoms with Gasteiger partial charge >= 0.3 is 5.97 Å². The number of ether oxygens (including phenoxy) is 1. The number of rotatable bonds is 4. The van der Waals surface area contributed by atoms with Crippen molar-refractivity contribution in [2.45, 2.75) is 19.8 Å². The molecule has 0 N–H and O–H groups in total. The third kappa shape index (κ3) is 3.29. The molecule has 2 aromatic carbocycles. The Kier molecular flexibility index (Phi) is 4.47. The van der Waals surface area contributed by atoms with E-state index in [1.165, 1.54) is 12.6 Å². The Labute approximate surface area is 136 Å². The van der Waals surface area contributed by atoms with Gasteiger partial charge in [0.15, 0.2) is 0 Å². The molecule has 3 rings (SSSR count). The SMILES string of the molecule is CC(=O)OCCC1CCN(c2ccc(C#N)c3ccccc23)C1. The minimum atomic E-state index is -0.210. The van der Waals surface area contributed by atoms with Gasteiger partial charge in [-0.1, -0.05) is 24.3 Å². The molecule has 23 heavy (non-hydrogen) atoms. The zero-order valence-electron chi connectivity index (χ0n) is 13.3. The Morgan fingerprint density at radius 3 is 2.83 bits per heavy atom. The average Bonchev–Trinajstić information content (AvgIpc) is 3.02. The molecule has 0 radical (unpaired) electrons. The third-order valence-corrected chi connectivity index (χ3v) is 4.48. The van der Waals surface area contributed by atoms with E-state index in [0.29, 0.717) is 12.5 Å². The Hall–Kier alpha value is -2.54. The predicted octanol–water partition coefficient (Wildman–Crippen LogP) is 3.49. The minimum absolute atomic E-state index is 0.210. The van der Waals surface area contributed by atoms with Crippen LogP contribution in [0.2, 0.25) is 0 Å². The Bertz CT molecular complexity index is 764. The number of hydrogen-bond acceptors (Lipinski definition) is 4. The largest absolute Gasteiger partial charge is 0.466 e. The highest BCUT2D eigenvalue weighted by molar-refractivity contribution is 5.97. The molecular formula is C19H20N2O2. The third-order valence-electron chi connectivity index (χ3n) is 4.48. The highest BCUT2D eigenvalue weighted by Gasteiger charge is 2.24. The number of benzene rings is 2. The molecule has 0 spiro atoms. The van der Waals surface area contributed by atoms with Crippen molar-refractivity contribution >= 4 is 22.4 Å². The first-order chi connectivity index (χ1) is 11.2. The molecule has 0 aliphatic carbocycles. The topological polar surface area (TPSA) is 53.3 Å². The second-order valence-electron chi connectivity index (χ2n) is 6.02. The average molecular weight is 308 g/mol. The molecule has 4 nitrogen and oxygen atoms in total. The van der Waals surface area contributed by atoms with Crippen LogP contribution in [0.4, 0.5) is 5.69 Å². The highest BCUT2D eigenvalue weighted by Crippen LogP contribution is 2.33. The number of hydrogen-bond donors (Lipinski definition) is 0. The summed E-state index contributed by atoms with van der Waals surface area (Å²) in [5.41, 5.74) is 1.91. The molecule has 1 aliphatic heterocycles. The van der Waals surface area contributed by atoms with Crippen LogP contribution in [0.5, 0.6) is 0 Å². The van der Waals surface area contributed by atoms with Crippen LogP contribution >= 0.6 is 0 Å². The lowest BCUT2D eigenvalue weighted by atomic mass is 10.0. The van der Waals surface area contributed by atoms with Gasteiger partial charge in [-0.15, -0.1) is 0 Å². The second-order valence-corrected chi connectivity index (χ2v) is 6.02. The zero-order valence-corrected chi connectivity index (χ0v) is 13.3. The molecule has 1 saturated heterocycles. The number of fused-ring (bicyclic) bond motifs is 1. The summed E-state index contributed by atoms with van der Waals surface area (Å²) in [6.07, 6.45) is 2.01. The first-order valence-electron chi connectivity index (χ1n) is 7.99. The second kappa shape index (κ2) is 6.70. The van der Waals surface area contributed by atoms with Crippen LogP contribution in [0, 0.1) is 17.2 Å². The van der Waals surface area contributed by atoms with Crippen LogP contribution in [0.1, 0.15) is 25.3 Å². The van der Waals surface area contributed by atoms with E-state index in [1.807, 2.05) is 24.3 Å². The minimum Gasteiger partial charge on any atom is -0.466 e. The number of carbonyl (C=O) groups is 1. The molecule has 0 amide bonds. The fourth-order valence-electron chi connectivity index (χ4n) is 3.31. The Morgan fingerprint density at radius 1 is 1.30 bits per heavy atom. The van der Waals surface area contributed by atoms with Crippen molar-refractivity contribution in [2.24, 2.45) is 5.92 Å². The molecule has 1 fully saturated rings. The smallest absolute Gasteiger partial charge is 0.302 e. The van der Waals surface area contributed by atoms with E-state index in [-0.39, 0.29) is 5.97 Å².